The molecule has 0 spiro atoms. The molecule has 1 rings (SSSR count). The van der Waals surface area contributed by atoms with E-state index in [9.17, 15) is 0 Å². The first-order valence-electron chi connectivity index (χ1n) is 4.66. The van der Waals surface area contributed by atoms with E-state index in [2.05, 4.69) is 13.8 Å². The molecule has 2 N–H and O–H groups in total. The summed E-state index contributed by atoms with van der Waals surface area (Å²) in [6.45, 7) is 4.20. The van der Waals surface area contributed by atoms with E-state index in [1.54, 1.807) is 0 Å². The lowest BCUT2D eigenvalue weighted by Gasteiger charge is -2.13. The van der Waals surface area contributed by atoms with Crippen LogP contribution in [0.25, 0.3) is 0 Å². The lowest BCUT2D eigenvalue weighted by Crippen LogP contribution is -2.11. The summed E-state index contributed by atoms with van der Waals surface area (Å²) in [5.41, 5.74) is 8.42. The van der Waals surface area contributed by atoms with Crippen LogP contribution in [0.1, 0.15) is 36.9 Å². The molecule has 2 heteroatoms. The van der Waals surface area contributed by atoms with Crippen molar-refractivity contribution in [3.05, 3.63) is 34.3 Å². The summed E-state index contributed by atoms with van der Waals surface area (Å²) in [5.74, 6) is 0. The molecule has 0 fully saturated rings. The van der Waals surface area contributed by atoms with Gasteiger partial charge in [0.15, 0.2) is 0 Å². The highest BCUT2D eigenvalue weighted by atomic mass is 35.5. The van der Waals surface area contributed by atoms with Crippen LogP contribution in [0, 0.1) is 6.92 Å². The zero-order valence-corrected chi connectivity index (χ0v) is 8.93. The largest absolute Gasteiger partial charge is 0.324 e. The van der Waals surface area contributed by atoms with Gasteiger partial charge in [0.1, 0.15) is 0 Å². The third-order valence-corrected chi connectivity index (χ3v) is 2.47. The van der Waals surface area contributed by atoms with Crippen LogP contribution in [0.3, 0.4) is 0 Å². The molecule has 0 amide bonds. The Kier molecular flexibility index (Phi) is 3.76. The van der Waals surface area contributed by atoms with E-state index in [-0.39, 0.29) is 6.04 Å². The Morgan fingerprint density at radius 1 is 1.46 bits per heavy atom. The molecule has 0 aliphatic rings. The third kappa shape index (κ3) is 2.71. The molecule has 0 aromatic heterocycles. The molecule has 0 radical (unpaired) electrons. The Hall–Kier alpha value is -0.530. The van der Waals surface area contributed by atoms with E-state index in [4.69, 9.17) is 17.3 Å². The van der Waals surface area contributed by atoms with Crippen molar-refractivity contribution in [2.45, 2.75) is 32.7 Å². The number of aryl methyl sites for hydroxylation is 1. The second-order valence-electron chi connectivity index (χ2n) is 3.40. The first kappa shape index (κ1) is 10.6. The quantitative estimate of drug-likeness (QED) is 0.790. The molecule has 0 bridgehead atoms. The predicted octanol–water partition coefficient (Wildman–Crippen LogP) is 3.45. The molecule has 72 valence electrons. The number of rotatable bonds is 3. The molecular formula is C11H16ClN. The van der Waals surface area contributed by atoms with Crippen LogP contribution in [0.2, 0.25) is 5.02 Å². The van der Waals surface area contributed by atoms with Gasteiger partial charge in [-0.1, -0.05) is 31.0 Å². The van der Waals surface area contributed by atoms with Gasteiger partial charge in [-0.15, -0.1) is 0 Å². The molecule has 13 heavy (non-hydrogen) atoms. The van der Waals surface area contributed by atoms with E-state index >= 15 is 0 Å². The SMILES string of the molecule is CCC[C@H](N)c1ccc(Cl)cc1C. The van der Waals surface area contributed by atoms with Crippen molar-refractivity contribution in [2.75, 3.05) is 0 Å². The van der Waals surface area contributed by atoms with Crippen molar-refractivity contribution in [1.29, 1.82) is 0 Å². The maximum atomic E-state index is 6.01. The van der Waals surface area contributed by atoms with Gasteiger partial charge in [0.05, 0.1) is 0 Å². The molecule has 0 aliphatic heterocycles. The number of benzene rings is 1. The van der Waals surface area contributed by atoms with Crippen LogP contribution in [0.15, 0.2) is 18.2 Å². The van der Waals surface area contributed by atoms with Gasteiger partial charge in [-0.2, -0.15) is 0 Å². The van der Waals surface area contributed by atoms with E-state index in [1.807, 2.05) is 18.2 Å². The van der Waals surface area contributed by atoms with E-state index in [0.29, 0.717) is 0 Å². The zero-order chi connectivity index (χ0) is 9.84. The molecule has 0 unspecified atom stereocenters. The molecule has 0 saturated carbocycles. The molecule has 1 atom stereocenters. The van der Waals surface area contributed by atoms with Crippen molar-refractivity contribution >= 4 is 11.6 Å². The third-order valence-electron chi connectivity index (χ3n) is 2.23. The van der Waals surface area contributed by atoms with Gasteiger partial charge in [-0.3, -0.25) is 0 Å². The second kappa shape index (κ2) is 4.64. The monoisotopic (exact) mass is 197 g/mol. The number of nitrogens with two attached hydrogens (primary N) is 1. The molecule has 1 aromatic carbocycles. The minimum absolute atomic E-state index is 0.155. The van der Waals surface area contributed by atoms with Gasteiger partial charge in [-0.05, 0) is 36.6 Å². The number of hydrogen-bond acceptors (Lipinski definition) is 1. The minimum atomic E-state index is 0.155. The maximum Gasteiger partial charge on any atom is 0.0408 e. The van der Waals surface area contributed by atoms with E-state index in [0.717, 1.165) is 17.9 Å². The molecular weight excluding hydrogens is 182 g/mol. The van der Waals surface area contributed by atoms with Crippen LogP contribution in [0.5, 0.6) is 0 Å². The summed E-state index contributed by atoms with van der Waals surface area (Å²) in [4.78, 5) is 0. The zero-order valence-electron chi connectivity index (χ0n) is 8.18. The molecule has 1 aromatic rings. The smallest absolute Gasteiger partial charge is 0.0408 e. The summed E-state index contributed by atoms with van der Waals surface area (Å²) in [6.07, 6.45) is 2.14. The highest BCUT2D eigenvalue weighted by molar-refractivity contribution is 6.30. The molecule has 0 heterocycles. The van der Waals surface area contributed by atoms with Crippen LogP contribution in [-0.4, -0.2) is 0 Å². The highest BCUT2D eigenvalue weighted by Gasteiger charge is 2.07. The first-order valence-corrected chi connectivity index (χ1v) is 5.04. The van der Waals surface area contributed by atoms with Gasteiger partial charge < -0.3 is 5.73 Å². The Bertz CT molecular complexity index is 283. The lowest BCUT2D eigenvalue weighted by molar-refractivity contribution is 0.635. The molecule has 1 nitrogen and oxygen atoms in total. The number of hydrogen-bond donors (Lipinski definition) is 1. The van der Waals surface area contributed by atoms with Crippen LogP contribution in [0.4, 0.5) is 0 Å². The van der Waals surface area contributed by atoms with E-state index < -0.39 is 0 Å². The van der Waals surface area contributed by atoms with Crippen molar-refractivity contribution in [1.82, 2.24) is 0 Å². The minimum Gasteiger partial charge on any atom is -0.324 e. The highest BCUT2D eigenvalue weighted by Crippen LogP contribution is 2.22. The molecule has 0 aliphatic carbocycles. The lowest BCUT2D eigenvalue weighted by atomic mass is 9.99. The Morgan fingerprint density at radius 2 is 2.15 bits per heavy atom. The average molecular weight is 198 g/mol. The molecule has 0 saturated heterocycles. The summed E-state index contributed by atoms with van der Waals surface area (Å²) >= 11 is 5.86. The second-order valence-corrected chi connectivity index (χ2v) is 3.83. The maximum absolute atomic E-state index is 6.01. The summed E-state index contributed by atoms with van der Waals surface area (Å²) in [6, 6.07) is 6.05. The number of halogens is 1. The summed E-state index contributed by atoms with van der Waals surface area (Å²) in [7, 11) is 0. The van der Waals surface area contributed by atoms with E-state index in [1.165, 1.54) is 11.1 Å². The Balaban J connectivity index is 2.88. The van der Waals surface area contributed by atoms with Crippen LogP contribution in [-0.2, 0) is 0 Å². The van der Waals surface area contributed by atoms with Crippen molar-refractivity contribution in [2.24, 2.45) is 5.73 Å². The topological polar surface area (TPSA) is 26.0 Å². The Labute approximate surface area is 84.9 Å². The fourth-order valence-electron chi connectivity index (χ4n) is 1.52. The first-order chi connectivity index (χ1) is 6.15. The standard InChI is InChI=1S/C11H16ClN/c1-3-4-11(13)10-6-5-9(12)7-8(10)2/h5-7,11H,3-4,13H2,1-2H3/t11-/m0/s1. The fraction of sp³-hybridized carbons (Fsp3) is 0.455. The summed E-state index contributed by atoms with van der Waals surface area (Å²) < 4.78 is 0. The van der Waals surface area contributed by atoms with Crippen molar-refractivity contribution < 1.29 is 0 Å². The van der Waals surface area contributed by atoms with Crippen LogP contribution >= 0.6 is 11.6 Å². The van der Waals surface area contributed by atoms with Gasteiger partial charge >= 0.3 is 0 Å². The average Bonchev–Trinajstić information content (AvgIpc) is 2.04. The van der Waals surface area contributed by atoms with Gasteiger partial charge in [0, 0.05) is 11.1 Å². The van der Waals surface area contributed by atoms with Gasteiger partial charge in [-0.25, -0.2) is 0 Å². The van der Waals surface area contributed by atoms with Gasteiger partial charge in [0.2, 0.25) is 0 Å². The van der Waals surface area contributed by atoms with Crippen molar-refractivity contribution in [3.63, 3.8) is 0 Å². The van der Waals surface area contributed by atoms with Crippen molar-refractivity contribution in [3.8, 4) is 0 Å². The van der Waals surface area contributed by atoms with Gasteiger partial charge in [0.25, 0.3) is 0 Å². The fourth-order valence-corrected chi connectivity index (χ4v) is 1.75. The normalized spacial score (nSPS) is 12.9. The predicted molar refractivity (Wildman–Crippen MR) is 58.0 cm³/mol. The summed E-state index contributed by atoms with van der Waals surface area (Å²) in [5, 5.41) is 0.782. The Morgan fingerprint density at radius 3 is 2.69 bits per heavy atom. The van der Waals surface area contributed by atoms with Crippen LogP contribution < -0.4 is 5.73 Å².